The zero-order chi connectivity index (χ0) is 10.8. The number of hydrogen-bond acceptors (Lipinski definition) is 3. The van der Waals surface area contributed by atoms with Gasteiger partial charge in [-0.1, -0.05) is 28.1 Å². The maximum Gasteiger partial charge on any atom is 0.340 e. The fourth-order valence-electron chi connectivity index (χ4n) is 1.42. The van der Waals surface area contributed by atoms with E-state index in [0.29, 0.717) is 12.2 Å². The van der Waals surface area contributed by atoms with Gasteiger partial charge in [-0.2, -0.15) is 0 Å². The third kappa shape index (κ3) is 1.90. The van der Waals surface area contributed by atoms with E-state index in [1.807, 2.05) is 24.3 Å². The fraction of sp³-hybridized carbons (Fsp3) is 0.182. The lowest BCUT2D eigenvalue weighted by Gasteiger charge is -2.02. The predicted octanol–water partition coefficient (Wildman–Crippen LogP) is 2.36. The van der Waals surface area contributed by atoms with E-state index in [1.54, 1.807) is 7.11 Å². The van der Waals surface area contributed by atoms with Crippen molar-refractivity contribution in [2.75, 3.05) is 13.7 Å². The van der Waals surface area contributed by atoms with Crippen LogP contribution in [-0.4, -0.2) is 19.7 Å². The molecule has 1 aromatic carbocycles. The van der Waals surface area contributed by atoms with Gasteiger partial charge in [0.25, 0.3) is 0 Å². The van der Waals surface area contributed by atoms with Gasteiger partial charge in [0.2, 0.25) is 0 Å². The third-order valence-electron chi connectivity index (χ3n) is 2.18. The fourth-order valence-corrected chi connectivity index (χ4v) is 1.92. The van der Waals surface area contributed by atoms with Gasteiger partial charge in [0, 0.05) is 4.48 Å². The van der Waals surface area contributed by atoms with Gasteiger partial charge in [0.05, 0.1) is 12.7 Å². The van der Waals surface area contributed by atoms with Gasteiger partial charge >= 0.3 is 5.97 Å². The topological polar surface area (TPSA) is 35.5 Å². The Kier molecular flexibility index (Phi) is 2.77. The van der Waals surface area contributed by atoms with Gasteiger partial charge in [-0.05, 0) is 17.7 Å². The van der Waals surface area contributed by atoms with Crippen LogP contribution in [-0.2, 0) is 9.53 Å². The van der Waals surface area contributed by atoms with E-state index in [1.165, 1.54) is 0 Å². The Morgan fingerprint density at radius 3 is 2.47 bits per heavy atom. The molecular weight excluding hydrogens is 260 g/mol. The molecule has 2 rings (SSSR count). The highest BCUT2D eigenvalue weighted by atomic mass is 79.9. The predicted molar refractivity (Wildman–Crippen MR) is 59.8 cm³/mol. The molecule has 78 valence electrons. The van der Waals surface area contributed by atoms with E-state index in [2.05, 4.69) is 15.9 Å². The summed E-state index contributed by atoms with van der Waals surface area (Å²) >= 11 is 3.32. The number of halogens is 1. The van der Waals surface area contributed by atoms with E-state index in [4.69, 9.17) is 9.47 Å². The number of hydrogen-bond donors (Lipinski definition) is 0. The number of carbonyl (C=O) groups is 1. The molecule has 0 fully saturated rings. The molecule has 4 heteroatoms. The number of benzene rings is 1. The highest BCUT2D eigenvalue weighted by molar-refractivity contribution is 9.11. The average Bonchev–Trinajstić information content (AvgIpc) is 2.59. The Bertz CT molecular complexity index is 420. The minimum atomic E-state index is -0.285. The summed E-state index contributed by atoms with van der Waals surface area (Å²) < 4.78 is 10.7. The second kappa shape index (κ2) is 4.06. The SMILES string of the molecule is COc1ccc(C2=C(Br)COC2=O)cc1. The van der Waals surface area contributed by atoms with E-state index in [-0.39, 0.29) is 5.97 Å². The Balaban J connectivity index is 2.37. The smallest absolute Gasteiger partial charge is 0.340 e. The second-order valence-corrected chi connectivity index (χ2v) is 4.04. The van der Waals surface area contributed by atoms with Gasteiger partial charge in [0.1, 0.15) is 12.4 Å². The number of methoxy groups -OCH3 is 1. The molecule has 0 bridgehead atoms. The minimum Gasteiger partial charge on any atom is -0.497 e. The third-order valence-corrected chi connectivity index (χ3v) is 2.81. The van der Waals surface area contributed by atoms with Gasteiger partial charge < -0.3 is 9.47 Å². The Hall–Kier alpha value is -1.29. The van der Waals surface area contributed by atoms with Gasteiger partial charge in [-0.3, -0.25) is 0 Å². The molecule has 1 aromatic rings. The number of rotatable bonds is 2. The summed E-state index contributed by atoms with van der Waals surface area (Å²) in [4.78, 5) is 11.4. The molecule has 15 heavy (non-hydrogen) atoms. The first-order chi connectivity index (χ1) is 7.22. The van der Waals surface area contributed by atoms with E-state index in [9.17, 15) is 4.79 Å². The normalized spacial score (nSPS) is 15.5. The maximum absolute atomic E-state index is 11.4. The first kappa shape index (κ1) is 10.2. The second-order valence-electron chi connectivity index (χ2n) is 3.08. The lowest BCUT2D eigenvalue weighted by atomic mass is 10.1. The molecule has 0 saturated heterocycles. The van der Waals surface area contributed by atoms with E-state index in [0.717, 1.165) is 15.8 Å². The summed E-state index contributed by atoms with van der Waals surface area (Å²) in [6.45, 7) is 0.320. The van der Waals surface area contributed by atoms with E-state index >= 15 is 0 Å². The summed E-state index contributed by atoms with van der Waals surface area (Å²) in [6, 6.07) is 7.30. The Labute approximate surface area is 95.8 Å². The van der Waals surface area contributed by atoms with Crippen LogP contribution in [0, 0.1) is 0 Å². The molecule has 0 aromatic heterocycles. The van der Waals surface area contributed by atoms with Crippen LogP contribution in [0.2, 0.25) is 0 Å². The summed E-state index contributed by atoms with van der Waals surface area (Å²) in [7, 11) is 1.61. The molecule has 0 spiro atoms. The lowest BCUT2D eigenvalue weighted by Crippen LogP contribution is -1.98. The molecule has 3 nitrogen and oxygen atoms in total. The van der Waals surface area contributed by atoms with Crippen LogP contribution in [0.25, 0.3) is 5.57 Å². The Morgan fingerprint density at radius 2 is 2.00 bits per heavy atom. The van der Waals surface area contributed by atoms with Crippen LogP contribution in [0.4, 0.5) is 0 Å². The van der Waals surface area contributed by atoms with Crippen molar-refractivity contribution in [1.82, 2.24) is 0 Å². The van der Waals surface area contributed by atoms with Gasteiger partial charge in [-0.25, -0.2) is 4.79 Å². The van der Waals surface area contributed by atoms with Crippen molar-refractivity contribution >= 4 is 27.5 Å². The number of esters is 1. The summed E-state index contributed by atoms with van der Waals surface area (Å²) in [5, 5.41) is 0. The maximum atomic E-state index is 11.4. The van der Waals surface area contributed by atoms with Crippen molar-refractivity contribution in [3.8, 4) is 5.75 Å². The highest BCUT2D eigenvalue weighted by Crippen LogP contribution is 2.30. The molecule has 0 amide bonds. The lowest BCUT2D eigenvalue weighted by molar-refractivity contribution is -0.133. The van der Waals surface area contributed by atoms with Crippen LogP contribution in [0.15, 0.2) is 28.7 Å². The minimum absolute atomic E-state index is 0.285. The van der Waals surface area contributed by atoms with Gasteiger partial charge in [-0.15, -0.1) is 0 Å². The quantitative estimate of drug-likeness (QED) is 0.773. The molecule has 0 radical (unpaired) electrons. The van der Waals surface area contributed by atoms with Crippen molar-refractivity contribution in [1.29, 1.82) is 0 Å². The summed E-state index contributed by atoms with van der Waals surface area (Å²) in [5.74, 6) is 0.480. The van der Waals surface area contributed by atoms with Crippen molar-refractivity contribution in [2.45, 2.75) is 0 Å². The molecule has 0 saturated carbocycles. The first-order valence-electron chi connectivity index (χ1n) is 4.42. The van der Waals surface area contributed by atoms with Gasteiger partial charge in [0.15, 0.2) is 0 Å². The van der Waals surface area contributed by atoms with Crippen LogP contribution in [0.5, 0.6) is 5.75 Å². The molecule has 0 aliphatic carbocycles. The highest BCUT2D eigenvalue weighted by Gasteiger charge is 2.24. The average molecular weight is 269 g/mol. The van der Waals surface area contributed by atoms with Crippen LogP contribution in [0.3, 0.4) is 0 Å². The van der Waals surface area contributed by atoms with Crippen LogP contribution >= 0.6 is 15.9 Å². The summed E-state index contributed by atoms with van der Waals surface area (Å²) in [6.07, 6.45) is 0. The molecule has 1 aliphatic heterocycles. The van der Waals surface area contributed by atoms with Crippen molar-refractivity contribution in [2.24, 2.45) is 0 Å². The molecule has 0 N–H and O–H groups in total. The largest absolute Gasteiger partial charge is 0.497 e. The number of ether oxygens (including phenoxy) is 2. The molecular formula is C11H9BrO3. The molecule has 0 atom stereocenters. The summed E-state index contributed by atoms with van der Waals surface area (Å²) in [5.41, 5.74) is 1.43. The molecule has 1 heterocycles. The van der Waals surface area contributed by atoms with E-state index < -0.39 is 0 Å². The molecule has 1 aliphatic rings. The number of carbonyl (C=O) groups excluding carboxylic acids is 1. The standard InChI is InChI=1S/C11H9BrO3/c1-14-8-4-2-7(3-5-8)10-9(12)6-15-11(10)13/h2-5H,6H2,1H3. The van der Waals surface area contributed by atoms with Crippen molar-refractivity contribution in [3.05, 3.63) is 34.3 Å². The Morgan fingerprint density at radius 1 is 1.33 bits per heavy atom. The van der Waals surface area contributed by atoms with Crippen LogP contribution in [0.1, 0.15) is 5.56 Å². The zero-order valence-electron chi connectivity index (χ0n) is 8.12. The molecule has 0 unspecified atom stereocenters. The van der Waals surface area contributed by atoms with Crippen molar-refractivity contribution in [3.63, 3.8) is 0 Å². The van der Waals surface area contributed by atoms with Crippen molar-refractivity contribution < 1.29 is 14.3 Å². The zero-order valence-corrected chi connectivity index (χ0v) is 9.71. The number of cyclic esters (lactones) is 1. The van der Waals surface area contributed by atoms with Crippen LogP contribution < -0.4 is 4.74 Å². The first-order valence-corrected chi connectivity index (χ1v) is 5.22. The monoisotopic (exact) mass is 268 g/mol.